The van der Waals surface area contributed by atoms with Crippen LogP contribution in [0.3, 0.4) is 0 Å². The molecule has 0 aromatic heterocycles. The summed E-state index contributed by atoms with van der Waals surface area (Å²) in [5.41, 5.74) is 1.01. The third kappa shape index (κ3) is 1.92. The van der Waals surface area contributed by atoms with Crippen molar-refractivity contribution in [3.63, 3.8) is 0 Å². The number of aliphatic hydroxyl groups is 1. The second kappa shape index (κ2) is 3.42. The SMILES string of the molecule is Cc1cc(C(C)(C)O)cc2c1OCCO2. The van der Waals surface area contributed by atoms with Gasteiger partial charge in [-0.2, -0.15) is 0 Å². The third-order valence-electron chi connectivity index (χ3n) is 2.53. The minimum absolute atomic E-state index is 0.571. The Morgan fingerprint density at radius 1 is 1.20 bits per heavy atom. The van der Waals surface area contributed by atoms with E-state index in [1.54, 1.807) is 13.8 Å². The van der Waals surface area contributed by atoms with E-state index in [2.05, 4.69) is 0 Å². The number of hydrogen-bond donors (Lipinski definition) is 1. The molecule has 0 spiro atoms. The Morgan fingerprint density at radius 3 is 2.53 bits per heavy atom. The fourth-order valence-electron chi connectivity index (χ4n) is 1.68. The standard InChI is InChI=1S/C12H16O3/c1-8-6-9(12(2,3)13)7-10-11(8)15-5-4-14-10/h6-7,13H,4-5H2,1-3H3. The van der Waals surface area contributed by atoms with Crippen molar-refractivity contribution in [3.05, 3.63) is 23.3 Å². The summed E-state index contributed by atoms with van der Waals surface area (Å²) < 4.78 is 11.0. The van der Waals surface area contributed by atoms with Crippen molar-refractivity contribution >= 4 is 0 Å². The zero-order valence-electron chi connectivity index (χ0n) is 9.33. The Morgan fingerprint density at radius 2 is 1.87 bits per heavy atom. The van der Waals surface area contributed by atoms with Crippen molar-refractivity contribution in [1.29, 1.82) is 0 Å². The number of aryl methyl sites for hydroxylation is 1. The van der Waals surface area contributed by atoms with Crippen LogP contribution in [-0.2, 0) is 5.60 Å². The molecule has 82 valence electrons. The van der Waals surface area contributed by atoms with Crippen molar-refractivity contribution in [2.45, 2.75) is 26.4 Å². The van der Waals surface area contributed by atoms with Gasteiger partial charge < -0.3 is 14.6 Å². The molecule has 0 bridgehead atoms. The van der Waals surface area contributed by atoms with Gasteiger partial charge >= 0.3 is 0 Å². The molecule has 1 aromatic carbocycles. The van der Waals surface area contributed by atoms with Gasteiger partial charge in [0, 0.05) is 0 Å². The fraction of sp³-hybridized carbons (Fsp3) is 0.500. The smallest absolute Gasteiger partial charge is 0.164 e. The topological polar surface area (TPSA) is 38.7 Å². The molecule has 1 aliphatic rings. The maximum Gasteiger partial charge on any atom is 0.164 e. The highest BCUT2D eigenvalue weighted by atomic mass is 16.6. The number of benzene rings is 1. The summed E-state index contributed by atoms with van der Waals surface area (Å²) in [6, 6.07) is 3.79. The summed E-state index contributed by atoms with van der Waals surface area (Å²) in [4.78, 5) is 0. The quantitative estimate of drug-likeness (QED) is 0.767. The zero-order valence-corrected chi connectivity index (χ0v) is 9.33. The fourth-order valence-corrected chi connectivity index (χ4v) is 1.68. The average Bonchev–Trinajstić information content (AvgIpc) is 2.16. The van der Waals surface area contributed by atoms with Crippen LogP contribution in [0, 0.1) is 6.92 Å². The molecule has 0 atom stereocenters. The molecule has 2 rings (SSSR count). The number of ether oxygens (including phenoxy) is 2. The maximum absolute atomic E-state index is 9.92. The number of hydrogen-bond acceptors (Lipinski definition) is 3. The predicted octanol–water partition coefficient (Wildman–Crippen LogP) is 1.99. The minimum atomic E-state index is -0.847. The molecular formula is C12H16O3. The Labute approximate surface area is 89.6 Å². The van der Waals surface area contributed by atoms with Crippen LogP contribution < -0.4 is 9.47 Å². The Balaban J connectivity index is 2.50. The van der Waals surface area contributed by atoms with Gasteiger partial charge in [-0.1, -0.05) is 0 Å². The third-order valence-corrected chi connectivity index (χ3v) is 2.53. The summed E-state index contributed by atoms with van der Waals surface area (Å²) in [5, 5.41) is 9.92. The molecule has 15 heavy (non-hydrogen) atoms. The largest absolute Gasteiger partial charge is 0.486 e. The second-order valence-corrected chi connectivity index (χ2v) is 4.38. The van der Waals surface area contributed by atoms with Gasteiger partial charge in [-0.25, -0.2) is 0 Å². The first-order valence-corrected chi connectivity index (χ1v) is 5.11. The molecule has 0 radical (unpaired) electrons. The molecule has 1 N–H and O–H groups in total. The molecule has 3 heteroatoms. The summed E-state index contributed by atoms with van der Waals surface area (Å²) in [5.74, 6) is 1.53. The van der Waals surface area contributed by atoms with Gasteiger partial charge in [-0.05, 0) is 44.0 Å². The van der Waals surface area contributed by atoms with Gasteiger partial charge in [-0.3, -0.25) is 0 Å². The van der Waals surface area contributed by atoms with Gasteiger partial charge in [0.15, 0.2) is 11.5 Å². The Hall–Kier alpha value is -1.22. The summed E-state index contributed by atoms with van der Waals surface area (Å²) in [7, 11) is 0. The number of fused-ring (bicyclic) bond motifs is 1. The van der Waals surface area contributed by atoms with Crippen molar-refractivity contribution in [1.82, 2.24) is 0 Å². The molecule has 0 fully saturated rings. The van der Waals surface area contributed by atoms with Gasteiger partial charge in [0.1, 0.15) is 13.2 Å². The molecule has 1 heterocycles. The van der Waals surface area contributed by atoms with Gasteiger partial charge in [0.05, 0.1) is 5.60 Å². The van der Waals surface area contributed by atoms with Crippen LogP contribution in [0.1, 0.15) is 25.0 Å². The summed E-state index contributed by atoms with van der Waals surface area (Å²) in [6.07, 6.45) is 0. The van der Waals surface area contributed by atoms with E-state index in [1.165, 1.54) is 0 Å². The highest BCUT2D eigenvalue weighted by Crippen LogP contribution is 2.37. The summed E-state index contributed by atoms with van der Waals surface area (Å²) in [6.45, 7) is 6.65. The Kier molecular flexibility index (Phi) is 2.35. The monoisotopic (exact) mass is 208 g/mol. The van der Waals surface area contributed by atoms with E-state index in [0.717, 1.165) is 22.6 Å². The van der Waals surface area contributed by atoms with Crippen molar-refractivity contribution in [2.24, 2.45) is 0 Å². The predicted molar refractivity (Wildman–Crippen MR) is 57.4 cm³/mol. The first-order valence-electron chi connectivity index (χ1n) is 5.11. The van der Waals surface area contributed by atoms with Gasteiger partial charge in [-0.15, -0.1) is 0 Å². The van der Waals surface area contributed by atoms with Crippen LogP contribution in [0.2, 0.25) is 0 Å². The second-order valence-electron chi connectivity index (χ2n) is 4.38. The van der Waals surface area contributed by atoms with Crippen LogP contribution >= 0.6 is 0 Å². The average molecular weight is 208 g/mol. The molecule has 1 aromatic rings. The summed E-state index contributed by atoms with van der Waals surface area (Å²) >= 11 is 0. The minimum Gasteiger partial charge on any atom is -0.486 e. The lowest BCUT2D eigenvalue weighted by Crippen LogP contribution is -2.20. The maximum atomic E-state index is 9.92. The van der Waals surface area contributed by atoms with Crippen molar-refractivity contribution in [2.75, 3.05) is 13.2 Å². The van der Waals surface area contributed by atoms with Crippen LogP contribution in [0.4, 0.5) is 0 Å². The molecule has 3 nitrogen and oxygen atoms in total. The van der Waals surface area contributed by atoms with Crippen LogP contribution in [0.5, 0.6) is 11.5 Å². The lowest BCUT2D eigenvalue weighted by molar-refractivity contribution is 0.0775. The van der Waals surface area contributed by atoms with E-state index in [-0.39, 0.29) is 0 Å². The first-order chi connectivity index (χ1) is 6.98. The normalized spacial score (nSPS) is 15.2. The highest BCUT2D eigenvalue weighted by Gasteiger charge is 2.22. The first kappa shape index (κ1) is 10.3. The molecule has 1 aliphatic heterocycles. The van der Waals surface area contributed by atoms with E-state index in [1.807, 2.05) is 19.1 Å². The van der Waals surface area contributed by atoms with Crippen molar-refractivity contribution < 1.29 is 14.6 Å². The zero-order chi connectivity index (χ0) is 11.1. The number of rotatable bonds is 1. The van der Waals surface area contributed by atoms with E-state index in [0.29, 0.717) is 13.2 Å². The van der Waals surface area contributed by atoms with Crippen LogP contribution in [0.25, 0.3) is 0 Å². The molecular weight excluding hydrogens is 192 g/mol. The lowest BCUT2D eigenvalue weighted by atomic mass is 9.96. The van der Waals surface area contributed by atoms with Crippen molar-refractivity contribution in [3.8, 4) is 11.5 Å². The van der Waals surface area contributed by atoms with E-state index in [4.69, 9.17) is 9.47 Å². The highest BCUT2D eigenvalue weighted by molar-refractivity contribution is 5.50. The van der Waals surface area contributed by atoms with Gasteiger partial charge in [0.2, 0.25) is 0 Å². The lowest BCUT2D eigenvalue weighted by Gasteiger charge is -2.24. The Bertz CT molecular complexity index is 377. The molecule has 0 saturated carbocycles. The van der Waals surface area contributed by atoms with E-state index < -0.39 is 5.60 Å². The van der Waals surface area contributed by atoms with Crippen LogP contribution in [-0.4, -0.2) is 18.3 Å². The van der Waals surface area contributed by atoms with Crippen LogP contribution in [0.15, 0.2) is 12.1 Å². The molecule has 0 saturated heterocycles. The van der Waals surface area contributed by atoms with E-state index >= 15 is 0 Å². The molecule has 0 aliphatic carbocycles. The molecule has 0 unspecified atom stereocenters. The van der Waals surface area contributed by atoms with Gasteiger partial charge in [0.25, 0.3) is 0 Å². The molecule has 0 amide bonds. The van der Waals surface area contributed by atoms with E-state index in [9.17, 15) is 5.11 Å².